The molecule has 6 heteroatoms. The number of fused-ring (bicyclic) bond motifs is 1. The van der Waals surface area contributed by atoms with Crippen molar-refractivity contribution in [3.8, 4) is 0 Å². The first kappa shape index (κ1) is 22.5. The van der Waals surface area contributed by atoms with Crippen LogP contribution in [0.5, 0.6) is 0 Å². The number of piperidine rings is 1. The summed E-state index contributed by atoms with van der Waals surface area (Å²) in [7, 11) is 1.71. The zero-order chi connectivity index (χ0) is 22.6. The molecular formula is C26H33N3O3. The Morgan fingerprint density at radius 2 is 1.72 bits per heavy atom. The Hall–Kier alpha value is -2.70. The van der Waals surface area contributed by atoms with Gasteiger partial charge in [0.2, 0.25) is 11.8 Å². The molecular weight excluding hydrogens is 402 g/mol. The number of amides is 2. The van der Waals surface area contributed by atoms with Crippen molar-refractivity contribution in [2.75, 3.05) is 49.7 Å². The van der Waals surface area contributed by atoms with E-state index >= 15 is 0 Å². The number of benzene rings is 2. The van der Waals surface area contributed by atoms with Gasteiger partial charge in [-0.2, -0.15) is 0 Å². The van der Waals surface area contributed by atoms with Gasteiger partial charge in [0.15, 0.2) is 0 Å². The van der Waals surface area contributed by atoms with Crippen LogP contribution in [0.2, 0.25) is 0 Å². The van der Waals surface area contributed by atoms with Gasteiger partial charge in [-0.15, -0.1) is 0 Å². The molecule has 2 amide bonds. The van der Waals surface area contributed by atoms with E-state index in [4.69, 9.17) is 4.74 Å². The number of ether oxygens (including phenoxy) is 1. The predicted molar refractivity (Wildman–Crippen MR) is 127 cm³/mol. The van der Waals surface area contributed by atoms with Crippen molar-refractivity contribution in [1.29, 1.82) is 0 Å². The number of likely N-dealkylation sites (tertiary alicyclic amines) is 1. The van der Waals surface area contributed by atoms with Crippen LogP contribution < -0.4 is 9.80 Å². The van der Waals surface area contributed by atoms with Crippen LogP contribution in [0.3, 0.4) is 0 Å². The number of anilines is 2. The molecule has 6 nitrogen and oxygen atoms in total. The highest BCUT2D eigenvalue weighted by Gasteiger charge is 2.43. The van der Waals surface area contributed by atoms with Crippen LogP contribution in [-0.2, 0) is 20.7 Å². The Balaban J connectivity index is 1.45. The number of hydrogen-bond donors (Lipinski definition) is 0. The molecule has 0 unspecified atom stereocenters. The molecule has 2 aliphatic rings. The summed E-state index contributed by atoms with van der Waals surface area (Å²) in [5.74, 6) is 0.307. The molecule has 0 spiro atoms. The average molecular weight is 436 g/mol. The van der Waals surface area contributed by atoms with Gasteiger partial charge in [-0.25, -0.2) is 0 Å². The maximum absolute atomic E-state index is 13.0. The monoisotopic (exact) mass is 435 g/mol. The molecule has 1 saturated heterocycles. The second-order valence-corrected chi connectivity index (χ2v) is 8.77. The number of methoxy groups -OCH3 is 1. The molecule has 0 atom stereocenters. The minimum absolute atomic E-state index is 0.126. The Labute approximate surface area is 190 Å². The van der Waals surface area contributed by atoms with Crippen molar-refractivity contribution in [1.82, 2.24) is 4.90 Å². The zero-order valence-electron chi connectivity index (χ0n) is 19.1. The van der Waals surface area contributed by atoms with Crippen molar-refractivity contribution in [3.05, 3.63) is 60.2 Å². The fraction of sp³-hybridized carbons (Fsp3) is 0.462. The summed E-state index contributed by atoms with van der Waals surface area (Å²) in [6.07, 6.45) is 2.64. The third-order valence-electron chi connectivity index (χ3n) is 6.81. The molecule has 0 N–H and O–H groups in total. The predicted octanol–water partition coefficient (Wildman–Crippen LogP) is 3.50. The second kappa shape index (κ2) is 9.84. The second-order valence-electron chi connectivity index (χ2n) is 8.77. The quantitative estimate of drug-likeness (QED) is 0.637. The van der Waals surface area contributed by atoms with Crippen LogP contribution in [0, 0.1) is 0 Å². The number of rotatable bonds is 8. The summed E-state index contributed by atoms with van der Waals surface area (Å²) in [6, 6.07) is 18.0. The standard InChI is InChI=1S/C26H33N3O3/c1-3-24(30)29(22-10-5-4-6-11-22)26(20-32-2)13-15-27(16-14-26)17-18-28-23-12-8-7-9-21(23)19-25(28)31/h4-12H,3,13-20H2,1-2H3. The number of nitrogens with zero attached hydrogens (tertiary/aromatic N) is 3. The van der Waals surface area contributed by atoms with Crippen LogP contribution in [0.15, 0.2) is 54.6 Å². The van der Waals surface area contributed by atoms with Crippen LogP contribution in [0.1, 0.15) is 31.7 Å². The van der Waals surface area contributed by atoms with Gasteiger partial charge in [0, 0.05) is 51.1 Å². The lowest BCUT2D eigenvalue weighted by molar-refractivity contribution is -0.121. The van der Waals surface area contributed by atoms with Crippen molar-refractivity contribution in [2.45, 2.75) is 38.1 Å². The molecule has 0 radical (unpaired) electrons. The van der Waals surface area contributed by atoms with Gasteiger partial charge in [-0.3, -0.25) is 9.59 Å². The third-order valence-corrected chi connectivity index (χ3v) is 6.81. The zero-order valence-corrected chi connectivity index (χ0v) is 19.1. The van der Waals surface area contributed by atoms with Crippen molar-refractivity contribution in [3.63, 3.8) is 0 Å². The molecule has 32 heavy (non-hydrogen) atoms. The molecule has 1 fully saturated rings. The van der Waals surface area contributed by atoms with E-state index in [-0.39, 0.29) is 17.4 Å². The first-order chi connectivity index (χ1) is 15.6. The van der Waals surface area contributed by atoms with E-state index < -0.39 is 0 Å². The minimum atomic E-state index is -0.351. The SMILES string of the molecule is CCC(=O)N(c1ccccc1)C1(COC)CCN(CCN2C(=O)Cc3ccccc32)CC1. The van der Waals surface area contributed by atoms with Crippen molar-refractivity contribution < 1.29 is 14.3 Å². The maximum atomic E-state index is 13.0. The summed E-state index contributed by atoms with van der Waals surface area (Å²) in [5, 5.41) is 0. The summed E-state index contributed by atoms with van der Waals surface area (Å²) < 4.78 is 5.65. The van der Waals surface area contributed by atoms with Crippen molar-refractivity contribution in [2.24, 2.45) is 0 Å². The molecule has 2 heterocycles. The lowest BCUT2D eigenvalue weighted by Gasteiger charge is -2.48. The highest BCUT2D eigenvalue weighted by Crippen LogP contribution is 2.35. The van der Waals surface area contributed by atoms with E-state index in [9.17, 15) is 9.59 Å². The van der Waals surface area contributed by atoms with Crippen LogP contribution in [0.25, 0.3) is 0 Å². The molecule has 2 aromatic rings. The van der Waals surface area contributed by atoms with E-state index in [2.05, 4.69) is 4.90 Å². The highest BCUT2D eigenvalue weighted by molar-refractivity contribution is 6.01. The molecule has 0 saturated carbocycles. The summed E-state index contributed by atoms with van der Waals surface area (Å²) >= 11 is 0. The first-order valence-corrected chi connectivity index (χ1v) is 11.6. The van der Waals surface area contributed by atoms with Gasteiger partial charge < -0.3 is 19.4 Å². The first-order valence-electron chi connectivity index (χ1n) is 11.6. The van der Waals surface area contributed by atoms with Crippen molar-refractivity contribution >= 4 is 23.2 Å². The van der Waals surface area contributed by atoms with Gasteiger partial charge in [0.25, 0.3) is 0 Å². The Kier molecular flexibility index (Phi) is 6.92. The van der Waals surface area contributed by atoms with Gasteiger partial charge >= 0.3 is 0 Å². The number of carbonyl (C=O) groups is 2. The van der Waals surface area contributed by atoms with E-state index in [1.807, 2.05) is 71.3 Å². The van der Waals surface area contributed by atoms with Crippen LogP contribution in [-0.4, -0.2) is 62.1 Å². The van der Waals surface area contributed by atoms with Gasteiger partial charge in [-0.1, -0.05) is 43.3 Å². The summed E-state index contributed by atoms with van der Waals surface area (Å²) in [6.45, 7) is 5.69. The van der Waals surface area contributed by atoms with Gasteiger partial charge in [-0.05, 0) is 36.6 Å². The molecule has 0 aliphatic carbocycles. The molecule has 0 bridgehead atoms. The lowest BCUT2D eigenvalue weighted by Crippen LogP contribution is -2.60. The van der Waals surface area contributed by atoms with E-state index in [1.54, 1.807) is 7.11 Å². The highest BCUT2D eigenvalue weighted by atomic mass is 16.5. The molecule has 2 aliphatic heterocycles. The fourth-order valence-corrected chi connectivity index (χ4v) is 5.11. The van der Waals surface area contributed by atoms with E-state index in [0.717, 1.165) is 49.4 Å². The normalized spacial score (nSPS) is 17.9. The molecule has 0 aromatic heterocycles. The smallest absolute Gasteiger partial charge is 0.231 e. The van der Waals surface area contributed by atoms with E-state index in [1.165, 1.54) is 0 Å². The summed E-state index contributed by atoms with van der Waals surface area (Å²) in [5.41, 5.74) is 2.75. The Morgan fingerprint density at radius 3 is 2.41 bits per heavy atom. The number of hydrogen-bond acceptors (Lipinski definition) is 4. The minimum Gasteiger partial charge on any atom is -0.382 e. The lowest BCUT2D eigenvalue weighted by atomic mass is 9.85. The number of carbonyl (C=O) groups excluding carboxylic acids is 2. The Bertz CT molecular complexity index is 938. The number of para-hydroxylation sites is 2. The largest absolute Gasteiger partial charge is 0.382 e. The van der Waals surface area contributed by atoms with Gasteiger partial charge in [0.05, 0.1) is 18.6 Å². The molecule has 170 valence electrons. The van der Waals surface area contributed by atoms with Gasteiger partial charge in [0.1, 0.15) is 0 Å². The molecule has 2 aromatic carbocycles. The fourth-order valence-electron chi connectivity index (χ4n) is 5.11. The average Bonchev–Trinajstić information content (AvgIpc) is 3.14. The van der Waals surface area contributed by atoms with E-state index in [0.29, 0.717) is 26.0 Å². The summed E-state index contributed by atoms with van der Waals surface area (Å²) in [4.78, 5) is 31.8. The van der Waals surface area contributed by atoms with Crippen LogP contribution >= 0.6 is 0 Å². The molecule has 4 rings (SSSR count). The van der Waals surface area contributed by atoms with Crippen LogP contribution in [0.4, 0.5) is 11.4 Å². The third kappa shape index (κ3) is 4.43. The Morgan fingerprint density at radius 1 is 1.03 bits per heavy atom. The topological polar surface area (TPSA) is 53.1 Å². The maximum Gasteiger partial charge on any atom is 0.231 e.